The van der Waals surface area contributed by atoms with Crippen LogP contribution in [-0.2, 0) is 11.2 Å². The van der Waals surface area contributed by atoms with Gasteiger partial charge >= 0.3 is 0 Å². The van der Waals surface area contributed by atoms with E-state index in [1.165, 1.54) is 19.3 Å². The van der Waals surface area contributed by atoms with Crippen LogP contribution in [0.2, 0.25) is 0 Å². The van der Waals surface area contributed by atoms with Gasteiger partial charge < -0.3 is 4.74 Å². The van der Waals surface area contributed by atoms with E-state index in [0.717, 1.165) is 37.9 Å². The molecule has 0 saturated heterocycles. The second-order valence-electron chi connectivity index (χ2n) is 6.46. The minimum absolute atomic E-state index is 0.197. The summed E-state index contributed by atoms with van der Waals surface area (Å²) in [5.74, 6) is 9.31. The van der Waals surface area contributed by atoms with Crippen LogP contribution < -0.4 is 22.5 Å². The van der Waals surface area contributed by atoms with E-state index in [-0.39, 0.29) is 17.2 Å². The first-order chi connectivity index (χ1) is 12.5. The van der Waals surface area contributed by atoms with Gasteiger partial charge in [-0.3, -0.25) is 20.4 Å². The number of aryl methyl sites for hydroxylation is 1. The summed E-state index contributed by atoms with van der Waals surface area (Å²) >= 11 is 0. The van der Waals surface area contributed by atoms with Crippen molar-refractivity contribution in [1.82, 2.24) is 10.9 Å². The molecule has 0 spiro atoms. The van der Waals surface area contributed by atoms with Crippen molar-refractivity contribution in [1.29, 1.82) is 0 Å². The lowest BCUT2D eigenvalue weighted by Gasteiger charge is -2.13. The number of hydrazine groups is 2. The number of nitrogen functional groups attached to an aromatic ring is 2. The Labute approximate surface area is 155 Å². The van der Waals surface area contributed by atoms with E-state index in [2.05, 4.69) is 19.3 Å². The van der Waals surface area contributed by atoms with Crippen LogP contribution in [-0.4, -0.2) is 24.5 Å². The Hall–Kier alpha value is -1.96. The van der Waals surface area contributed by atoms with Gasteiger partial charge in [-0.1, -0.05) is 32.3 Å². The molecule has 1 aromatic carbocycles. The standard InChI is InChI=1S/C19H32N4O3/c1-3-4-5-6-12-26-14(2)8-7-9-15-10-11-16(18(24)22-20)17(13-15)19(25)23-21/h10-11,13-14H,3-9,12,20-21H2,1-2H3,(H,22,24)(H,23,25). The number of unbranched alkanes of at least 4 members (excludes halogenated alkanes) is 3. The van der Waals surface area contributed by atoms with Gasteiger partial charge in [-0.2, -0.15) is 0 Å². The molecular weight excluding hydrogens is 332 g/mol. The molecule has 1 aromatic rings. The van der Waals surface area contributed by atoms with Crippen LogP contribution >= 0.6 is 0 Å². The molecule has 0 fully saturated rings. The van der Waals surface area contributed by atoms with E-state index in [1.54, 1.807) is 12.1 Å². The first-order valence-corrected chi connectivity index (χ1v) is 9.29. The molecule has 1 atom stereocenters. The molecule has 0 aliphatic carbocycles. The fourth-order valence-electron chi connectivity index (χ4n) is 2.78. The van der Waals surface area contributed by atoms with Gasteiger partial charge in [0, 0.05) is 6.61 Å². The van der Waals surface area contributed by atoms with Crippen LogP contribution in [0.25, 0.3) is 0 Å². The fourth-order valence-corrected chi connectivity index (χ4v) is 2.78. The Morgan fingerprint density at radius 2 is 1.73 bits per heavy atom. The molecule has 2 amide bonds. The van der Waals surface area contributed by atoms with Crippen molar-refractivity contribution in [2.45, 2.75) is 64.9 Å². The Bertz CT molecular complexity index is 578. The van der Waals surface area contributed by atoms with Gasteiger partial charge in [0.2, 0.25) is 0 Å². The maximum absolute atomic E-state index is 11.9. The third kappa shape index (κ3) is 7.51. The van der Waals surface area contributed by atoms with Gasteiger partial charge in [-0.25, -0.2) is 11.7 Å². The van der Waals surface area contributed by atoms with E-state index in [9.17, 15) is 9.59 Å². The summed E-state index contributed by atoms with van der Waals surface area (Å²) in [6.45, 7) is 5.09. The van der Waals surface area contributed by atoms with Crippen molar-refractivity contribution >= 4 is 11.8 Å². The molecule has 146 valence electrons. The molecule has 1 rings (SSSR count). The normalized spacial score (nSPS) is 11.8. The van der Waals surface area contributed by atoms with Gasteiger partial charge in [0.05, 0.1) is 17.2 Å². The van der Waals surface area contributed by atoms with Gasteiger partial charge in [-0.05, 0) is 50.3 Å². The number of hydrogen-bond donors (Lipinski definition) is 4. The number of amides is 2. The van der Waals surface area contributed by atoms with Crippen molar-refractivity contribution in [3.8, 4) is 0 Å². The van der Waals surface area contributed by atoms with E-state index in [1.807, 2.05) is 11.5 Å². The number of nitrogens with two attached hydrogens (primary N) is 2. The second kappa shape index (κ2) is 12.4. The van der Waals surface area contributed by atoms with Crippen LogP contribution in [0.3, 0.4) is 0 Å². The summed E-state index contributed by atoms with van der Waals surface area (Å²) in [6, 6.07) is 5.10. The molecular formula is C19H32N4O3. The third-order valence-electron chi connectivity index (χ3n) is 4.31. The topological polar surface area (TPSA) is 119 Å². The molecule has 0 aliphatic heterocycles. The highest BCUT2D eigenvalue weighted by atomic mass is 16.5. The summed E-state index contributed by atoms with van der Waals surface area (Å²) in [5, 5.41) is 0. The van der Waals surface area contributed by atoms with Crippen molar-refractivity contribution in [3.05, 3.63) is 34.9 Å². The average Bonchev–Trinajstić information content (AvgIpc) is 2.66. The number of benzene rings is 1. The Balaban J connectivity index is 2.52. The molecule has 1 unspecified atom stereocenters. The highest BCUT2D eigenvalue weighted by Gasteiger charge is 2.16. The zero-order chi connectivity index (χ0) is 19.4. The maximum Gasteiger partial charge on any atom is 0.265 e. The first kappa shape index (κ1) is 22.1. The number of hydrogen-bond acceptors (Lipinski definition) is 5. The summed E-state index contributed by atoms with van der Waals surface area (Å²) in [5.41, 5.74) is 5.47. The molecule has 0 heterocycles. The van der Waals surface area contributed by atoms with Crippen molar-refractivity contribution in [2.24, 2.45) is 11.7 Å². The largest absolute Gasteiger partial charge is 0.379 e. The summed E-state index contributed by atoms with van der Waals surface area (Å²) in [6.07, 6.45) is 7.70. The lowest BCUT2D eigenvalue weighted by atomic mass is 9.99. The van der Waals surface area contributed by atoms with E-state index < -0.39 is 11.8 Å². The summed E-state index contributed by atoms with van der Waals surface area (Å²) in [7, 11) is 0. The molecule has 0 aliphatic rings. The first-order valence-electron chi connectivity index (χ1n) is 9.29. The summed E-state index contributed by atoms with van der Waals surface area (Å²) in [4.78, 5) is 23.7. The van der Waals surface area contributed by atoms with Crippen LogP contribution in [0.1, 0.15) is 78.7 Å². The van der Waals surface area contributed by atoms with E-state index >= 15 is 0 Å². The zero-order valence-corrected chi connectivity index (χ0v) is 15.8. The van der Waals surface area contributed by atoms with Crippen LogP contribution in [0.5, 0.6) is 0 Å². The van der Waals surface area contributed by atoms with Gasteiger partial charge in [-0.15, -0.1) is 0 Å². The number of carbonyl (C=O) groups is 2. The lowest BCUT2D eigenvalue weighted by Crippen LogP contribution is -2.35. The van der Waals surface area contributed by atoms with E-state index in [0.29, 0.717) is 0 Å². The number of nitrogens with one attached hydrogen (secondary N) is 2. The van der Waals surface area contributed by atoms with Crippen LogP contribution in [0, 0.1) is 0 Å². The predicted molar refractivity (Wildman–Crippen MR) is 102 cm³/mol. The van der Waals surface area contributed by atoms with Crippen molar-refractivity contribution in [2.75, 3.05) is 6.61 Å². The smallest absolute Gasteiger partial charge is 0.265 e. The maximum atomic E-state index is 11.9. The van der Waals surface area contributed by atoms with Crippen molar-refractivity contribution in [3.63, 3.8) is 0 Å². The minimum Gasteiger partial charge on any atom is -0.379 e. The predicted octanol–water partition coefficient (Wildman–Crippen LogP) is 2.20. The molecule has 0 saturated carbocycles. The van der Waals surface area contributed by atoms with Gasteiger partial charge in [0.1, 0.15) is 0 Å². The Morgan fingerprint density at radius 1 is 1.04 bits per heavy atom. The number of rotatable bonds is 12. The molecule has 0 aromatic heterocycles. The SMILES string of the molecule is CCCCCCOC(C)CCCc1ccc(C(=O)NN)c(C(=O)NN)c1. The Kier molecular flexibility index (Phi) is 10.5. The van der Waals surface area contributed by atoms with Gasteiger partial charge in [0.15, 0.2) is 0 Å². The van der Waals surface area contributed by atoms with E-state index in [4.69, 9.17) is 16.4 Å². The molecule has 0 radical (unpaired) electrons. The number of ether oxygens (including phenoxy) is 1. The molecule has 6 N–H and O–H groups in total. The zero-order valence-electron chi connectivity index (χ0n) is 15.8. The molecule has 7 heteroatoms. The molecule has 0 bridgehead atoms. The monoisotopic (exact) mass is 364 g/mol. The van der Waals surface area contributed by atoms with Crippen LogP contribution in [0.4, 0.5) is 0 Å². The van der Waals surface area contributed by atoms with Gasteiger partial charge in [0.25, 0.3) is 11.8 Å². The highest BCUT2D eigenvalue weighted by molar-refractivity contribution is 6.07. The van der Waals surface area contributed by atoms with Crippen molar-refractivity contribution < 1.29 is 14.3 Å². The second-order valence-corrected chi connectivity index (χ2v) is 6.46. The quantitative estimate of drug-likeness (QED) is 0.196. The summed E-state index contributed by atoms with van der Waals surface area (Å²) < 4.78 is 5.82. The lowest BCUT2D eigenvalue weighted by molar-refractivity contribution is 0.0563. The molecule has 26 heavy (non-hydrogen) atoms. The Morgan fingerprint density at radius 3 is 2.38 bits per heavy atom. The number of carbonyl (C=O) groups excluding carboxylic acids is 2. The van der Waals surface area contributed by atoms with Crippen LogP contribution in [0.15, 0.2) is 18.2 Å². The third-order valence-corrected chi connectivity index (χ3v) is 4.31. The average molecular weight is 364 g/mol. The fraction of sp³-hybridized carbons (Fsp3) is 0.579. The highest BCUT2D eigenvalue weighted by Crippen LogP contribution is 2.15. The molecule has 7 nitrogen and oxygen atoms in total. The minimum atomic E-state index is -0.528.